The summed E-state index contributed by atoms with van der Waals surface area (Å²) < 4.78 is 13.3. The first kappa shape index (κ1) is 19.6. The van der Waals surface area contributed by atoms with Crippen molar-refractivity contribution >= 4 is 17.9 Å². The van der Waals surface area contributed by atoms with Gasteiger partial charge in [-0.05, 0) is 35.8 Å². The van der Waals surface area contributed by atoms with Crippen molar-refractivity contribution < 1.29 is 14.0 Å². The number of amides is 2. The highest BCUT2D eigenvalue weighted by atomic mass is 19.1. The van der Waals surface area contributed by atoms with E-state index in [9.17, 15) is 14.0 Å². The molecule has 2 heterocycles. The Morgan fingerprint density at radius 3 is 2.80 bits per heavy atom. The van der Waals surface area contributed by atoms with Crippen molar-refractivity contribution in [3.8, 4) is 0 Å². The zero-order chi connectivity index (χ0) is 20.9. The largest absolute Gasteiger partial charge is 0.347 e. The molecule has 0 fully saturated rings. The topological polar surface area (TPSA) is 78.1 Å². The molecule has 2 amide bonds. The van der Waals surface area contributed by atoms with Gasteiger partial charge in [-0.25, -0.2) is 4.39 Å². The number of halogens is 1. The number of nitrogens with one attached hydrogen (secondary N) is 2. The molecule has 1 aromatic heterocycles. The third kappa shape index (κ3) is 4.46. The molecule has 0 bridgehead atoms. The number of benzene rings is 2. The third-order valence-electron chi connectivity index (χ3n) is 5.02. The molecular formula is C23H21FN4O2. The standard InChI is InChI=1S/C23H21FN4O2/c24-18-8-4-7-17(13-18)14-25-23(30)22-19-11-12-28(15-20(19)26-27-22)21(29)10-9-16-5-2-1-3-6-16/h1-10,13H,11-12,14-15H2,(H,25,30)(H,26,27)/b10-9+. The van der Waals surface area contributed by atoms with Gasteiger partial charge in [0.2, 0.25) is 5.91 Å². The monoisotopic (exact) mass is 404 g/mol. The van der Waals surface area contributed by atoms with E-state index in [2.05, 4.69) is 15.5 Å². The predicted molar refractivity (Wildman–Crippen MR) is 111 cm³/mol. The van der Waals surface area contributed by atoms with Crippen molar-refractivity contribution in [1.29, 1.82) is 0 Å². The Hall–Kier alpha value is -3.74. The van der Waals surface area contributed by atoms with Crippen LogP contribution in [0.25, 0.3) is 6.08 Å². The molecule has 0 atom stereocenters. The average Bonchev–Trinajstić information content (AvgIpc) is 3.20. The van der Waals surface area contributed by atoms with Crippen molar-refractivity contribution in [3.05, 3.63) is 94.6 Å². The molecule has 7 heteroatoms. The Labute approximate surface area is 173 Å². The summed E-state index contributed by atoms with van der Waals surface area (Å²) in [6.45, 7) is 1.10. The number of carbonyl (C=O) groups is 2. The van der Waals surface area contributed by atoms with Gasteiger partial charge in [0, 0.05) is 24.7 Å². The van der Waals surface area contributed by atoms with Gasteiger partial charge in [0.15, 0.2) is 5.69 Å². The van der Waals surface area contributed by atoms with Crippen molar-refractivity contribution in [3.63, 3.8) is 0 Å². The van der Waals surface area contributed by atoms with E-state index in [0.717, 1.165) is 16.8 Å². The van der Waals surface area contributed by atoms with Crippen LogP contribution in [-0.2, 0) is 24.3 Å². The summed E-state index contributed by atoms with van der Waals surface area (Å²) in [6, 6.07) is 15.7. The van der Waals surface area contributed by atoms with Crippen LogP contribution in [0.3, 0.4) is 0 Å². The first-order chi connectivity index (χ1) is 14.6. The van der Waals surface area contributed by atoms with Crippen LogP contribution in [-0.4, -0.2) is 33.5 Å². The molecule has 0 saturated carbocycles. The molecule has 0 unspecified atom stereocenters. The Kier molecular flexibility index (Phi) is 5.70. The fourth-order valence-corrected chi connectivity index (χ4v) is 3.44. The van der Waals surface area contributed by atoms with Gasteiger partial charge in [-0.1, -0.05) is 42.5 Å². The fraction of sp³-hybridized carbons (Fsp3) is 0.174. The first-order valence-electron chi connectivity index (χ1n) is 9.71. The molecule has 3 aromatic rings. The first-order valence-corrected chi connectivity index (χ1v) is 9.71. The summed E-state index contributed by atoms with van der Waals surface area (Å²) in [5.74, 6) is -0.748. The molecule has 6 nitrogen and oxygen atoms in total. The second-order valence-electron chi connectivity index (χ2n) is 7.10. The van der Waals surface area contributed by atoms with E-state index in [1.54, 1.807) is 29.2 Å². The third-order valence-corrected chi connectivity index (χ3v) is 5.02. The van der Waals surface area contributed by atoms with Crippen molar-refractivity contribution in [2.45, 2.75) is 19.5 Å². The lowest BCUT2D eigenvalue weighted by molar-refractivity contribution is -0.126. The van der Waals surface area contributed by atoms with Crippen LogP contribution < -0.4 is 5.32 Å². The van der Waals surface area contributed by atoms with Gasteiger partial charge in [0.1, 0.15) is 5.82 Å². The lowest BCUT2D eigenvalue weighted by atomic mass is 10.0. The normalized spacial score (nSPS) is 13.3. The number of aromatic nitrogens is 2. The maximum Gasteiger partial charge on any atom is 0.272 e. The second kappa shape index (κ2) is 8.73. The van der Waals surface area contributed by atoms with Gasteiger partial charge >= 0.3 is 0 Å². The summed E-state index contributed by atoms with van der Waals surface area (Å²) >= 11 is 0. The van der Waals surface area contributed by atoms with Crippen LogP contribution in [0.4, 0.5) is 4.39 Å². The lowest BCUT2D eigenvalue weighted by Crippen LogP contribution is -2.35. The molecule has 4 rings (SSSR count). The van der Waals surface area contributed by atoms with E-state index in [1.165, 1.54) is 12.1 Å². The number of aromatic amines is 1. The molecule has 0 radical (unpaired) electrons. The van der Waals surface area contributed by atoms with E-state index < -0.39 is 0 Å². The summed E-state index contributed by atoms with van der Waals surface area (Å²) in [4.78, 5) is 26.8. The lowest BCUT2D eigenvalue weighted by Gasteiger charge is -2.25. The molecular weight excluding hydrogens is 383 g/mol. The Balaban J connectivity index is 1.38. The van der Waals surface area contributed by atoms with Gasteiger partial charge in [-0.3, -0.25) is 14.7 Å². The van der Waals surface area contributed by atoms with Gasteiger partial charge < -0.3 is 10.2 Å². The Morgan fingerprint density at radius 2 is 2.00 bits per heavy atom. The summed E-state index contributed by atoms with van der Waals surface area (Å²) in [7, 11) is 0. The van der Waals surface area contributed by atoms with Crippen molar-refractivity contribution in [1.82, 2.24) is 20.4 Å². The second-order valence-corrected chi connectivity index (χ2v) is 7.10. The van der Waals surface area contributed by atoms with E-state index in [0.29, 0.717) is 30.8 Å². The Bertz CT molecular complexity index is 1090. The van der Waals surface area contributed by atoms with Crippen LogP contribution in [0, 0.1) is 5.82 Å². The van der Waals surface area contributed by atoms with Crippen molar-refractivity contribution in [2.24, 2.45) is 0 Å². The number of H-pyrrole nitrogens is 1. The highest BCUT2D eigenvalue weighted by Gasteiger charge is 2.26. The molecule has 0 spiro atoms. The smallest absolute Gasteiger partial charge is 0.272 e. The van der Waals surface area contributed by atoms with Crippen LogP contribution >= 0.6 is 0 Å². The minimum absolute atomic E-state index is 0.0868. The molecule has 152 valence electrons. The molecule has 2 N–H and O–H groups in total. The number of hydrogen-bond donors (Lipinski definition) is 2. The van der Waals surface area contributed by atoms with Crippen molar-refractivity contribution in [2.75, 3.05) is 6.54 Å². The number of hydrogen-bond acceptors (Lipinski definition) is 3. The van der Waals surface area contributed by atoms with E-state index in [-0.39, 0.29) is 24.2 Å². The maximum absolute atomic E-state index is 13.3. The number of nitrogens with zero attached hydrogens (tertiary/aromatic N) is 2. The minimum Gasteiger partial charge on any atom is -0.347 e. The van der Waals surface area contributed by atoms with E-state index >= 15 is 0 Å². The average molecular weight is 404 g/mol. The highest BCUT2D eigenvalue weighted by molar-refractivity contribution is 5.94. The zero-order valence-electron chi connectivity index (χ0n) is 16.3. The van der Waals surface area contributed by atoms with Crippen LogP contribution in [0.1, 0.15) is 32.9 Å². The quantitative estimate of drug-likeness (QED) is 0.642. The number of rotatable bonds is 5. The summed E-state index contributed by atoms with van der Waals surface area (Å²) in [5, 5.41) is 9.80. The van der Waals surface area contributed by atoms with Crippen LogP contribution in [0.15, 0.2) is 60.7 Å². The van der Waals surface area contributed by atoms with Gasteiger partial charge in [0.25, 0.3) is 5.91 Å². The molecule has 1 aliphatic heterocycles. The Morgan fingerprint density at radius 1 is 1.17 bits per heavy atom. The van der Waals surface area contributed by atoms with Crippen LogP contribution in [0.2, 0.25) is 0 Å². The summed E-state index contributed by atoms with van der Waals surface area (Å²) in [6.07, 6.45) is 3.89. The SMILES string of the molecule is O=C(NCc1cccc(F)c1)c1n[nH]c2c1CCN(C(=O)/C=C/c1ccccc1)C2. The maximum atomic E-state index is 13.3. The minimum atomic E-state index is -0.343. The molecule has 2 aromatic carbocycles. The van der Waals surface area contributed by atoms with Gasteiger partial charge in [-0.2, -0.15) is 5.10 Å². The van der Waals surface area contributed by atoms with E-state index in [1.807, 2.05) is 30.3 Å². The molecule has 30 heavy (non-hydrogen) atoms. The van der Waals surface area contributed by atoms with Gasteiger partial charge in [-0.15, -0.1) is 0 Å². The molecule has 0 saturated heterocycles. The highest BCUT2D eigenvalue weighted by Crippen LogP contribution is 2.21. The van der Waals surface area contributed by atoms with Gasteiger partial charge in [0.05, 0.1) is 12.2 Å². The zero-order valence-corrected chi connectivity index (χ0v) is 16.3. The summed E-state index contributed by atoms with van der Waals surface area (Å²) in [5.41, 5.74) is 3.55. The van der Waals surface area contributed by atoms with Crippen LogP contribution in [0.5, 0.6) is 0 Å². The molecule has 1 aliphatic rings. The number of fused-ring (bicyclic) bond motifs is 1. The molecule has 0 aliphatic carbocycles. The number of carbonyl (C=O) groups excluding carboxylic acids is 2. The van der Waals surface area contributed by atoms with E-state index in [4.69, 9.17) is 0 Å². The predicted octanol–water partition coefficient (Wildman–Crippen LogP) is 3.08. The fourth-order valence-electron chi connectivity index (χ4n) is 3.44.